The van der Waals surface area contributed by atoms with Crippen LogP contribution in [0.15, 0.2) is 18.2 Å². The highest BCUT2D eigenvalue weighted by atomic mass is 16.4. The van der Waals surface area contributed by atoms with Crippen molar-refractivity contribution in [1.82, 2.24) is 5.32 Å². The Bertz CT molecular complexity index is 504. The number of carbonyl (C=O) groups excluding carboxylic acids is 1. The monoisotopic (exact) mass is 282 g/mol. The summed E-state index contributed by atoms with van der Waals surface area (Å²) in [5, 5.41) is 31.2. The average Bonchev–Trinajstić information content (AvgIpc) is 2.37. The van der Waals surface area contributed by atoms with Crippen molar-refractivity contribution in [3.05, 3.63) is 29.3 Å². The van der Waals surface area contributed by atoms with Gasteiger partial charge in [0.1, 0.15) is 6.10 Å². The van der Waals surface area contributed by atoms with Crippen LogP contribution in [0.2, 0.25) is 0 Å². The van der Waals surface area contributed by atoms with E-state index < -0.39 is 18.2 Å². The van der Waals surface area contributed by atoms with Crippen molar-refractivity contribution in [3.8, 4) is 0 Å². The molecule has 0 saturated carbocycles. The lowest BCUT2D eigenvalue weighted by Crippen LogP contribution is -2.27. The number of nitrogen functional groups attached to an aromatic ring is 1. The number of carboxylic acids is 1. The van der Waals surface area contributed by atoms with Crippen molar-refractivity contribution in [2.75, 3.05) is 12.3 Å². The number of aromatic carboxylic acids is 1. The van der Waals surface area contributed by atoms with Gasteiger partial charge < -0.3 is 26.4 Å². The van der Waals surface area contributed by atoms with E-state index in [1.54, 1.807) is 0 Å². The Hall–Kier alpha value is -2.12. The van der Waals surface area contributed by atoms with Crippen LogP contribution in [0.25, 0.3) is 0 Å². The third-order valence-corrected chi connectivity index (χ3v) is 2.83. The summed E-state index contributed by atoms with van der Waals surface area (Å²) in [6.07, 6.45) is -2.22. The second-order valence-electron chi connectivity index (χ2n) is 4.44. The van der Waals surface area contributed by atoms with Gasteiger partial charge in [-0.15, -0.1) is 0 Å². The normalized spacial score (nSPS) is 13.6. The number of rotatable bonds is 6. The van der Waals surface area contributed by atoms with Crippen LogP contribution < -0.4 is 11.1 Å². The second kappa shape index (κ2) is 6.88. The molecule has 7 heteroatoms. The fourth-order valence-corrected chi connectivity index (χ4v) is 1.72. The molecule has 0 radical (unpaired) electrons. The minimum atomic E-state index is -1.25. The van der Waals surface area contributed by atoms with E-state index in [9.17, 15) is 19.8 Å². The molecule has 2 unspecified atom stereocenters. The van der Waals surface area contributed by atoms with Gasteiger partial charge in [0, 0.05) is 19.2 Å². The molecule has 0 aliphatic rings. The van der Waals surface area contributed by atoms with Crippen molar-refractivity contribution in [2.24, 2.45) is 0 Å². The third-order valence-electron chi connectivity index (χ3n) is 2.83. The van der Waals surface area contributed by atoms with E-state index in [0.29, 0.717) is 0 Å². The standard InChI is InChI=1S/C13H18N2O5/c1-7(16)15-5-4-11(17)12(18)8-2-3-10(14)9(6-8)13(19)20/h2-3,6,11-12,17-18H,4-5,14H2,1H3,(H,15,16)(H,19,20). The minimum Gasteiger partial charge on any atom is -0.478 e. The highest BCUT2D eigenvalue weighted by molar-refractivity contribution is 5.93. The molecule has 1 aromatic rings. The van der Waals surface area contributed by atoms with E-state index in [2.05, 4.69) is 5.32 Å². The van der Waals surface area contributed by atoms with Crippen LogP contribution in [0.5, 0.6) is 0 Å². The van der Waals surface area contributed by atoms with Gasteiger partial charge in [-0.05, 0) is 24.1 Å². The zero-order valence-corrected chi connectivity index (χ0v) is 11.0. The maximum Gasteiger partial charge on any atom is 0.337 e. The first-order valence-corrected chi connectivity index (χ1v) is 6.06. The molecule has 0 heterocycles. The largest absolute Gasteiger partial charge is 0.478 e. The van der Waals surface area contributed by atoms with Crippen LogP contribution in [0.4, 0.5) is 5.69 Å². The third kappa shape index (κ3) is 4.22. The molecule has 0 saturated heterocycles. The molecule has 0 aliphatic carbocycles. The summed E-state index contributed by atoms with van der Waals surface area (Å²) in [6, 6.07) is 4.04. The van der Waals surface area contributed by atoms with Crippen LogP contribution in [0.3, 0.4) is 0 Å². The van der Waals surface area contributed by atoms with Gasteiger partial charge in [-0.2, -0.15) is 0 Å². The summed E-state index contributed by atoms with van der Waals surface area (Å²) in [7, 11) is 0. The van der Waals surface area contributed by atoms with Crippen LogP contribution in [-0.2, 0) is 4.79 Å². The van der Waals surface area contributed by atoms with Crippen molar-refractivity contribution >= 4 is 17.6 Å². The summed E-state index contributed by atoms with van der Waals surface area (Å²) < 4.78 is 0. The number of carboxylic acid groups (broad SMARTS) is 1. The summed E-state index contributed by atoms with van der Waals surface area (Å²) in [5.41, 5.74) is 5.72. The number of hydrogen-bond donors (Lipinski definition) is 5. The topological polar surface area (TPSA) is 133 Å². The number of anilines is 1. The van der Waals surface area contributed by atoms with E-state index >= 15 is 0 Å². The predicted molar refractivity (Wildman–Crippen MR) is 72.1 cm³/mol. The molecule has 1 rings (SSSR count). The summed E-state index contributed by atoms with van der Waals surface area (Å²) in [5.74, 6) is -1.43. The van der Waals surface area contributed by atoms with Gasteiger partial charge in [-0.1, -0.05) is 6.07 Å². The van der Waals surface area contributed by atoms with Gasteiger partial charge in [-0.25, -0.2) is 4.79 Å². The molecule has 2 atom stereocenters. The minimum absolute atomic E-state index is 0.0844. The van der Waals surface area contributed by atoms with Gasteiger partial charge in [0.05, 0.1) is 11.7 Å². The fourth-order valence-electron chi connectivity index (χ4n) is 1.72. The summed E-state index contributed by atoms with van der Waals surface area (Å²) in [4.78, 5) is 21.6. The molecule has 0 spiro atoms. The van der Waals surface area contributed by atoms with Gasteiger partial charge >= 0.3 is 5.97 Å². The lowest BCUT2D eigenvalue weighted by Gasteiger charge is -2.19. The predicted octanol–water partition coefficient (Wildman–Crippen LogP) is -0.113. The number of nitrogens with two attached hydrogens (primary N) is 1. The smallest absolute Gasteiger partial charge is 0.337 e. The molecule has 6 N–H and O–H groups in total. The Kier molecular flexibility index (Phi) is 5.48. The van der Waals surface area contributed by atoms with Crippen molar-refractivity contribution in [1.29, 1.82) is 0 Å². The van der Waals surface area contributed by atoms with Gasteiger partial charge in [0.2, 0.25) is 5.91 Å². The van der Waals surface area contributed by atoms with Crippen molar-refractivity contribution in [2.45, 2.75) is 25.6 Å². The first-order chi connectivity index (χ1) is 9.32. The zero-order chi connectivity index (χ0) is 15.3. The molecular weight excluding hydrogens is 264 g/mol. The maximum atomic E-state index is 10.9. The molecule has 7 nitrogen and oxygen atoms in total. The van der Waals surface area contributed by atoms with Gasteiger partial charge in [-0.3, -0.25) is 4.79 Å². The Morgan fingerprint density at radius 2 is 2.00 bits per heavy atom. The number of carbonyl (C=O) groups is 2. The zero-order valence-electron chi connectivity index (χ0n) is 11.0. The van der Waals surface area contributed by atoms with Crippen LogP contribution in [0.1, 0.15) is 35.4 Å². The first-order valence-electron chi connectivity index (χ1n) is 6.06. The van der Waals surface area contributed by atoms with Gasteiger partial charge in [0.25, 0.3) is 0 Å². The first kappa shape index (κ1) is 15.9. The molecule has 0 aliphatic heterocycles. The number of aliphatic hydroxyl groups is 2. The Morgan fingerprint density at radius 1 is 1.35 bits per heavy atom. The molecule has 0 aromatic heterocycles. The molecule has 1 aromatic carbocycles. The van der Waals surface area contributed by atoms with Crippen LogP contribution in [0, 0.1) is 0 Å². The highest BCUT2D eigenvalue weighted by Crippen LogP contribution is 2.23. The lowest BCUT2D eigenvalue weighted by molar-refractivity contribution is -0.119. The summed E-state index contributed by atoms with van der Waals surface area (Å²) in [6.45, 7) is 1.57. The van der Waals surface area contributed by atoms with Crippen LogP contribution >= 0.6 is 0 Å². The average molecular weight is 282 g/mol. The number of amides is 1. The van der Waals surface area contributed by atoms with E-state index in [1.165, 1.54) is 25.1 Å². The van der Waals surface area contributed by atoms with Crippen molar-refractivity contribution in [3.63, 3.8) is 0 Å². The van der Waals surface area contributed by atoms with E-state index in [-0.39, 0.29) is 35.7 Å². The Labute approximate surface area is 116 Å². The van der Waals surface area contributed by atoms with Crippen molar-refractivity contribution < 1.29 is 24.9 Å². The number of hydrogen-bond acceptors (Lipinski definition) is 5. The number of aliphatic hydroxyl groups excluding tert-OH is 2. The molecule has 0 fully saturated rings. The maximum absolute atomic E-state index is 10.9. The van der Waals surface area contributed by atoms with E-state index in [1.807, 2.05) is 0 Å². The quantitative estimate of drug-likeness (QED) is 0.462. The van der Waals surface area contributed by atoms with Gasteiger partial charge in [0.15, 0.2) is 0 Å². The lowest BCUT2D eigenvalue weighted by atomic mass is 9.99. The molecule has 1 amide bonds. The highest BCUT2D eigenvalue weighted by Gasteiger charge is 2.20. The van der Waals surface area contributed by atoms with E-state index in [4.69, 9.17) is 10.8 Å². The fraction of sp³-hybridized carbons (Fsp3) is 0.385. The summed E-state index contributed by atoms with van der Waals surface area (Å²) >= 11 is 0. The second-order valence-corrected chi connectivity index (χ2v) is 4.44. The Morgan fingerprint density at radius 3 is 2.55 bits per heavy atom. The van der Waals surface area contributed by atoms with Crippen LogP contribution in [-0.4, -0.2) is 39.8 Å². The molecule has 20 heavy (non-hydrogen) atoms. The molecule has 110 valence electrons. The number of benzene rings is 1. The SMILES string of the molecule is CC(=O)NCCC(O)C(O)c1ccc(N)c(C(=O)O)c1. The van der Waals surface area contributed by atoms with E-state index in [0.717, 1.165) is 0 Å². The Balaban J connectivity index is 2.76. The molecule has 0 bridgehead atoms. The number of nitrogens with one attached hydrogen (secondary N) is 1. The molecular formula is C13H18N2O5.